The molecule has 1 aromatic carbocycles. The lowest BCUT2D eigenvalue weighted by molar-refractivity contribution is -0.122. The molecule has 0 aliphatic heterocycles. The average molecular weight is 295 g/mol. The maximum absolute atomic E-state index is 13.6. The third-order valence-corrected chi connectivity index (χ3v) is 2.65. The van der Waals surface area contributed by atoms with Crippen LogP contribution in [0, 0.1) is 5.82 Å². The molecule has 18 heavy (non-hydrogen) atoms. The molecule has 0 saturated heterocycles. The van der Waals surface area contributed by atoms with Gasteiger partial charge in [0.15, 0.2) is 0 Å². The third-order valence-electron chi connectivity index (χ3n) is 2.32. The van der Waals surface area contributed by atoms with Crippen molar-refractivity contribution in [3.8, 4) is 0 Å². The topological polar surface area (TPSA) is 55.1 Å². The second-order valence-corrected chi connectivity index (χ2v) is 4.51. The van der Waals surface area contributed by atoms with Crippen LogP contribution in [0.5, 0.6) is 0 Å². The van der Waals surface area contributed by atoms with Gasteiger partial charge in [-0.1, -0.05) is 17.7 Å². The van der Waals surface area contributed by atoms with Crippen molar-refractivity contribution in [3.05, 3.63) is 34.6 Å². The molecule has 1 amide bonds. The number of hydrogen-bond acceptors (Lipinski definition) is 2. The summed E-state index contributed by atoms with van der Waals surface area (Å²) in [5.41, 5.74) is 5.80. The monoisotopic (exact) mass is 294 g/mol. The van der Waals surface area contributed by atoms with Crippen LogP contribution in [0.1, 0.15) is 31.9 Å². The van der Waals surface area contributed by atoms with E-state index in [2.05, 4.69) is 5.32 Å². The lowest BCUT2D eigenvalue weighted by Crippen LogP contribution is -2.32. The summed E-state index contributed by atoms with van der Waals surface area (Å²) in [6.07, 6.45) is 0.205. The standard InChI is InChI=1S/C12H16ClFN2O.ClH/c1-7(15)6-11(17)16-8(2)12-9(13)4-3-5-10(12)14;/h3-5,7-8H,6,15H2,1-2H3,(H,16,17);1H. The van der Waals surface area contributed by atoms with Gasteiger partial charge < -0.3 is 11.1 Å². The van der Waals surface area contributed by atoms with Crippen LogP contribution >= 0.6 is 24.0 Å². The van der Waals surface area contributed by atoms with E-state index in [1.807, 2.05) is 0 Å². The Morgan fingerprint density at radius 2 is 2.11 bits per heavy atom. The number of nitrogens with two attached hydrogens (primary N) is 1. The number of hydrogen-bond donors (Lipinski definition) is 2. The van der Waals surface area contributed by atoms with E-state index in [1.54, 1.807) is 19.9 Å². The molecule has 0 radical (unpaired) electrons. The van der Waals surface area contributed by atoms with Gasteiger partial charge in [0.05, 0.1) is 6.04 Å². The highest BCUT2D eigenvalue weighted by atomic mass is 35.5. The fraction of sp³-hybridized carbons (Fsp3) is 0.417. The van der Waals surface area contributed by atoms with Crippen LogP contribution in [0.2, 0.25) is 5.02 Å². The normalized spacial score (nSPS) is 13.4. The number of halogens is 3. The van der Waals surface area contributed by atoms with E-state index in [4.69, 9.17) is 17.3 Å². The highest BCUT2D eigenvalue weighted by Crippen LogP contribution is 2.25. The maximum Gasteiger partial charge on any atom is 0.222 e. The van der Waals surface area contributed by atoms with Crippen molar-refractivity contribution in [2.75, 3.05) is 0 Å². The van der Waals surface area contributed by atoms with Crippen LogP contribution < -0.4 is 11.1 Å². The van der Waals surface area contributed by atoms with Crippen LogP contribution in [0.4, 0.5) is 4.39 Å². The molecule has 2 unspecified atom stereocenters. The molecule has 0 aliphatic rings. The smallest absolute Gasteiger partial charge is 0.222 e. The second kappa shape index (κ2) is 7.56. The summed E-state index contributed by atoms with van der Waals surface area (Å²) >= 11 is 5.90. The minimum absolute atomic E-state index is 0. The van der Waals surface area contributed by atoms with Gasteiger partial charge >= 0.3 is 0 Å². The molecule has 0 saturated carbocycles. The Kier molecular flexibility index (Phi) is 7.21. The Hall–Kier alpha value is -0.840. The Bertz CT molecular complexity index is 393. The summed E-state index contributed by atoms with van der Waals surface area (Å²) < 4.78 is 13.6. The van der Waals surface area contributed by atoms with Crippen molar-refractivity contribution in [1.82, 2.24) is 5.32 Å². The summed E-state index contributed by atoms with van der Waals surface area (Å²) in [5, 5.41) is 2.97. The van der Waals surface area contributed by atoms with Crippen LogP contribution in [-0.2, 0) is 4.79 Å². The van der Waals surface area contributed by atoms with Crippen molar-refractivity contribution >= 4 is 29.9 Å². The molecule has 0 bridgehead atoms. The zero-order valence-corrected chi connectivity index (χ0v) is 11.8. The fourth-order valence-electron chi connectivity index (χ4n) is 1.59. The van der Waals surface area contributed by atoms with Gasteiger partial charge in [0, 0.05) is 23.0 Å². The number of rotatable bonds is 4. The number of nitrogens with one attached hydrogen (secondary N) is 1. The van der Waals surface area contributed by atoms with Crippen molar-refractivity contribution in [1.29, 1.82) is 0 Å². The molecule has 0 aromatic heterocycles. The molecule has 0 spiro atoms. The molecular formula is C12H17Cl2FN2O. The first-order valence-electron chi connectivity index (χ1n) is 5.40. The van der Waals surface area contributed by atoms with Gasteiger partial charge in [-0.15, -0.1) is 12.4 Å². The third kappa shape index (κ3) is 4.80. The van der Waals surface area contributed by atoms with E-state index >= 15 is 0 Å². The second-order valence-electron chi connectivity index (χ2n) is 4.11. The van der Waals surface area contributed by atoms with E-state index in [0.717, 1.165) is 0 Å². The SMILES string of the molecule is CC(N)CC(=O)NC(C)c1c(F)cccc1Cl.Cl. The van der Waals surface area contributed by atoms with Crippen molar-refractivity contribution in [2.24, 2.45) is 5.73 Å². The van der Waals surface area contributed by atoms with Gasteiger partial charge in [-0.05, 0) is 26.0 Å². The number of benzene rings is 1. The molecule has 0 aliphatic carbocycles. The molecular weight excluding hydrogens is 278 g/mol. The van der Waals surface area contributed by atoms with Crippen molar-refractivity contribution in [3.63, 3.8) is 0 Å². The summed E-state index contributed by atoms with van der Waals surface area (Å²) in [7, 11) is 0. The van der Waals surface area contributed by atoms with E-state index in [0.29, 0.717) is 10.6 Å². The van der Waals surface area contributed by atoms with E-state index in [9.17, 15) is 9.18 Å². The van der Waals surface area contributed by atoms with Crippen LogP contribution in [0.15, 0.2) is 18.2 Å². The lowest BCUT2D eigenvalue weighted by atomic mass is 10.1. The number of carbonyl (C=O) groups is 1. The van der Waals surface area contributed by atoms with Crippen molar-refractivity contribution < 1.29 is 9.18 Å². The van der Waals surface area contributed by atoms with Crippen LogP contribution in [0.3, 0.4) is 0 Å². The zero-order chi connectivity index (χ0) is 13.0. The largest absolute Gasteiger partial charge is 0.349 e. The Labute approximate surface area is 117 Å². The zero-order valence-electron chi connectivity index (χ0n) is 10.2. The minimum Gasteiger partial charge on any atom is -0.349 e. The fourth-order valence-corrected chi connectivity index (χ4v) is 1.92. The first kappa shape index (κ1) is 17.2. The molecule has 0 fully saturated rings. The first-order chi connectivity index (χ1) is 7.91. The minimum atomic E-state index is -0.477. The quantitative estimate of drug-likeness (QED) is 0.897. The molecule has 3 N–H and O–H groups in total. The molecule has 3 nitrogen and oxygen atoms in total. The van der Waals surface area contributed by atoms with Crippen LogP contribution in [0.25, 0.3) is 0 Å². The van der Waals surface area contributed by atoms with Gasteiger partial charge in [0.1, 0.15) is 5.82 Å². The van der Waals surface area contributed by atoms with Crippen molar-refractivity contribution in [2.45, 2.75) is 32.4 Å². The number of carbonyl (C=O) groups excluding carboxylic acids is 1. The summed E-state index contributed by atoms with van der Waals surface area (Å²) in [5.74, 6) is -0.641. The van der Waals surface area contributed by atoms with Gasteiger partial charge in [-0.25, -0.2) is 4.39 Å². The lowest BCUT2D eigenvalue weighted by Gasteiger charge is -2.17. The van der Waals surface area contributed by atoms with Crippen LogP contribution in [-0.4, -0.2) is 11.9 Å². The van der Waals surface area contributed by atoms with Gasteiger partial charge in [-0.3, -0.25) is 4.79 Å². The molecule has 1 rings (SSSR count). The Morgan fingerprint density at radius 3 is 2.61 bits per heavy atom. The predicted octanol–water partition coefficient (Wildman–Crippen LogP) is 2.82. The summed E-state index contributed by atoms with van der Waals surface area (Å²) in [6, 6.07) is 3.73. The van der Waals surface area contributed by atoms with Gasteiger partial charge in [0.2, 0.25) is 5.91 Å². The highest BCUT2D eigenvalue weighted by Gasteiger charge is 2.17. The van der Waals surface area contributed by atoms with E-state index in [-0.39, 0.29) is 30.8 Å². The molecule has 1 aromatic rings. The molecule has 102 valence electrons. The maximum atomic E-state index is 13.6. The Balaban J connectivity index is 0.00000289. The van der Waals surface area contributed by atoms with E-state index < -0.39 is 11.9 Å². The van der Waals surface area contributed by atoms with E-state index in [1.165, 1.54) is 12.1 Å². The summed E-state index contributed by atoms with van der Waals surface area (Å²) in [4.78, 5) is 11.5. The predicted molar refractivity (Wildman–Crippen MR) is 73.5 cm³/mol. The highest BCUT2D eigenvalue weighted by molar-refractivity contribution is 6.31. The molecule has 0 heterocycles. The summed E-state index contributed by atoms with van der Waals surface area (Å²) in [6.45, 7) is 3.42. The Morgan fingerprint density at radius 1 is 1.50 bits per heavy atom. The molecule has 2 atom stereocenters. The first-order valence-corrected chi connectivity index (χ1v) is 5.78. The average Bonchev–Trinajstić information content (AvgIpc) is 2.15. The van der Waals surface area contributed by atoms with Gasteiger partial charge in [-0.2, -0.15) is 0 Å². The van der Waals surface area contributed by atoms with Gasteiger partial charge in [0.25, 0.3) is 0 Å². The number of amides is 1. The molecule has 6 heteroatoms.